The van der Waals surface area contributed by atoms with Crippen molar-refractivity contribution in [2.45, 2.75) is 4.90 Å². The van der Waals surface area contributed by atoms with Crippen molar-refractivity contribution in [3.8, 4) is 17.2 Å². The highest BCUT2D eigenvalue weighted by molar-refractivity contribution is 7.92. The maximum atomic E-state index is 13.2. The number of nitrogens with one attached hydrogen (secondary N) is 1. The number of anilines is 1. The van der Waals surface area contributed by atoms with Gasteiger partial charge in [-0.05, 0) is 42.5 Å². The van der Waals surface area contributed by atoms with Crippen LogP contribution in [0.25, 0.3) is 5.69 Å². The molecular formula is C23H18N4O7S. The first-order valence-electron chi connectivity index (χ1n) is 10.0. The summed E-state index contributed by atoms with van der Waals surface area (Å²) >= 11 is 0. The Hall–Kier alpha value is -4.71. The minimum absolute atomic E-state index is 0.0204. The number of ketones is 1. The molecule has 0 atom stereocenters. The number of rotatable bonds is 8. The summed E-state index contributed by atoms with van der Waals surface area (Å²) in [6.07, 6.45) is 2.49. The van der Waals surface area contributed by atoms with Crippen LogP contribution in [0.5, 0.6) is 11.5 Å². The molecule has 0 saturated heterocycles. The zero-order chi connectivity index (χ0) is 25.2. The van der Waals surface area contributed by atoms with Crippen molar-refractivity contribution >= 4 is 27.2 Å². The van der Waals surface area contributed by atoms with Gasteiger partial charge in [0.05, 0.1) is 35.0 Å². The van der Waals surface area contributed by atoms with E-state index < -0.39 is 31.3 Å². The van der Waals surface area contributed by atoms with Crippen LogP contribution in [0.2, 0.25) is 0 Å². The molecule has 3 aromatic carbocycles. The van der Waals surface area contributed by atoms with E-state index in [1.54, 1.807) is 24.3 Å². The third-order valence-corrected chi connectivity index (χ3v) is 6.44. The highest BCUT2D eigenvalue weighted by atomic mass is 32.2. The summed E-state index contributed by atoms with van der Waals surface area (Å²) in [5.74, 6) is -0.230. The molecule has 4 aromatic rings. The van der Waals surface area contributed by atoms with Crippen LogP contribution >= 0.6 is 0 Å². The van der Waals surface area contributed by atoms with Crippen LogP contribution in [-0.4, -0.2) is 41.1 Å². The monoisotopic (exact) mass is 494 g/mol. The number of nitro benzene ring substituents is 1. The quantitative estimate of drug-likeness (QED) is 0.214. The number of non-ortho nitro benzene ring substituents is 1. The molecule has 12 heteroatoms. The predicted molar refractivity (Wildman–Crippen MR) is 126 cm³/mol. The zero-order valence-electron chi connectivity index (χ0n) is 18.2. The number of carbonyl (C=O) groups excluding carboxylic acids is 1. The lowest BCUT2D eigenvalue weighted by Crippen LogP contribution is -2.16. The van der Waals surface area contributed by atoms with Crippen LogP contribution in [0, 0.1) is 10.1 Å². The average Bonchev–Trinajstić information content (AvgIpc) is 3.34. The van der Waals surface area contributed by atoms with Crippen LogP contribution in [0.4, 0.5) is 11.4 Å². The summed E-state index contributed by atoms with van der Waals surface area (Å²) < 4.78 is 35.0. The fourth-order valence-corrected chi connectivity index (χ4v) is 4.55. The van der Waals surface area contributed by atoms with E-state index in [0.717, 1.165) is 16.8 Å². The maximum absolute atomic E-state index is 13.2. The van der Waals surface area contributed by atoms with Gasteiger partial charge in [0.25, 0.3) is 15.7 Å². The lowest BCUT2D eigenvalue weighted by molar-refractivity contribution is -0.385. The number of hydrogen-bond acceptors (Lipinski definition) is 8. The Morgan fingerprint density at radius 2 is 1.83 bits per heavy atom. The van der Waals surface area contributed by atoms with E-state index in [0.29, 0.717) is 5.75 Å². The van der Waals surface area contributed by atoms with Gasteiger partial charge in [0.15, 0.2) is 5.78 Å². The van der Waals surface area contributed by atoms with Gasteiger partial charge in [0, 0.05) is 24.0 Å². The summed E-state index contributed by atoms with van der Waals surface area (Å²) in [6.45, 7) is 0. The van der Waals surface area contributed by atoms with Crippen molar-refractivity contribution in [1.82, 2.24) is 9.78 Å². The van der Waals surface area contributed by atoms with Crippen LogP contribution in [0.3, 0.4) is 0 Å². The van der Waals surface area contributed by atoms with Gasteiger partial charge in [-0.2, -0.15) is 5.10 Å². The Labute approximate surface area is 199 Å². The molecule has 2 N–H and O–H groups in total. The minimum atomic E-state index is -4.32. The second-order valence-corrected chi connectivity index (χ2v) is 8.91. The number of carbonyl (C=O) groups is 1. The number of methoxy groups -OCH3 is 1. The smallest absolute Gasteiger partial charge is 0.270 e. The number of benzene rings is 3. The summed E-state index contributed by atoms with van der Waals surface area (Å²) in [5.41, 5.74) is -0.130. The van der Waals surface area contributed by atoms with Gasteiger partial charge in [-0.3, -0.25) is 19.6 Å². The third kappa shape index (κ3) is 4.82. The van der Waals surface area contributed by atoms with E-state index in [4.69, 9.17) is 4.74 Å². The van der Waals surface area contributed by atoms with E-state index in [9.17, 15) is 28.4 Å². The first-order valence-corrected chi connectivity index (χ1v) is 11.5. The van der Waals surface area contributed by atoms with Crippen LogP contribution < -0.4 is 9.46 Å². The molecular weight excluding hydrogens is 476 g/mol. The summed E-state index contributed by atoms with van der Waals surface area (Å²) in [7, 11) is -2.85. The lowest BCUT2D eigenvalue weighted by Gasteiger charge is -2.13. The van der Waals surface area contributed by atoms with Crippen molar-refractivity contribution in [3.63, 3.8) is 0 Å². The number of phenolic OH excluding ortho intramolecular Hbond substituents is 1. The number of aromatic nitrogens is 2. The molecule has 0 aliphatic heterocycles. The Balaban J connectivity index is 1.75. The van der Waals surface area contributed by atoms with Gasteiger partial charge in [-0.25, -0.2) is 13.1 Å². The molecule has 1 heterocycles. The molecule has 0 amide bonds. The Morgan fingerprint density at radius 1 is 1.11 bits per heavy atom. The van der Waals surface area contributed by atoms with E-state index in [2.05, 4.69) is 9.82 Å². The molecule has 178 valence electrons. The molecule has 0 unspecified atom stereocenters. The molecule has 0 spiro atoms. The van der Waals surface area contributed by atoms with Gasteiger partial charge >= 0.3 is 0 Å². The number of nitro groups is 1. The SMILES string of the molecule is COc1ccc(NS(=O)(=O)c2cc([N+](=O)[O-])ccc2-n2cc(C(=O)c3ccccc3O)cn2)cc1. The number of sulfonamides is 1. The number of ether oxygens (including phenoxy) is 1. The van der Waals surface area contributed by atoms with Crippen LogP contribution in [0.1, 0.15) is 15.9 Å². The van der Waals surface area contributed by atoms with E-state index >= 15 is 0 Å². The van der Waals surface area contributed by atoms with Crippen LogP contribution in [0.15, 0.2) is 84.0 Å². The molecule has 0 saturated carbocycles. The Kier molecular flexibility index (Phi) is 6.21. The molecule has 0 aliphatic carbocycles. The molecule has 11 nitrogen and oxygen atoms in total. The zero-order valence-corrected chi connectivity index (χ0v) is 19.0. The van der Waals surface area contributed by atoms with Gasteiger partial charge in [-0.1, -0.05) is 12.1 Å². The molecule has 4 rings (SSSR count). The molecule has 0 bridgehead atoms. The molecule has 1 aromatic heterocycles. The Bertz CT molecular complexity index is 1530. The summed E-state index contributed by atoms with van der Waals surface area (Å²) in [5, 5.41) is 25.4. The van der Waals surface area contributed by atoms with Gasteiger partial charge in [0.2, 0.25) is 0 Å². The fraction of sp³-hybridized carbons (Fsp3) is 0.0435. The topological polar surface area (TPSA) is 154 Å². The van der Waals surface area contributed by atoms with E-state index in [-0.39, 0.29) is 28.3 Å². The number of aromatic hydroxyl groups is 1. The first-order chi connectivity index (χ1) is 16.7. The molecule has 35 heavy (non-hydrogen) atoms. The summed E-state index contributed by atoms with van der Waals surface area (Å²) in [4.78, 5) is 23.0. The summed E-state index contributed by atoms with van der Waals surface area (Å²) in [6, 6.07) is 15.3. The number of hydrogen-bond donors (Lipinski definition) is 2. The largest absolute Gasteiger partial charge is 0.507 e. The van der Waals surface area contributed by atoms with Gasteiger partial charge in [-0.15, -0.1) is 0 Å². The van der Waals surface area contributed by atoms with Gasteiger partial charge in [0.1, 0.15) is 16.4 Å². The van der Waals surface area contributed by atoms with Crippen LogP contribution in [-0.2, 0) is 10.0 Å². The fourth-order valence-electron chi connectivity index (χ4n) is 3.28. The maximum Gasteiger partial charge on any atom is 0.270 e. The Morgan fingerprint density at radius 3 is 2.49 bits per heavy atom. The third-order valence-electron chi connectivity index (χ3n) is 5.03. The van der Waals surface area contributed by atoms with Crippen molar-refractivity contribution in [2.75, 3.05) is 11.8 Å². The number of para-hydroxylation sites is 1. The van der Waals surface area contributed by atoms with Crippen molar-refractivity contribution in [3.05, 3.63) is 100 Å². The van der Waals surface area contributed by atoms with Crippen molar-refractivity contribution in [2.24, 2.45) is 0 Å². The molecule has 0 aliphatic rings. The average molecular weight is 494 g/mol. The van der Waals surface area contributed by atoms with E-state index in [1.165, 1.54) is 49.8 Å². The van der Waals surface area contributed by atoms with Crippen molar-refractivity contribution < 1.29 is 28.0 Å². The second kappa shape index (κ2) is 9.27. The number of nitrogens with zero attached hydrogens (tertiary/aromatic N) is 3. The first kappa shape index (κ1) is 23.4. The predicted octanol–water partition coefficient (Wildman–Crippen LogP) is 3.53. The van der Waals surface area contributed by atoms with Gasteiger partial charge < -0.3 is 9.84 Å². The lowest BCUT2D eigenvalue weighted by atomic mass is 10.1. The highest BCUT2D eigenvalue weighted by Crippen LogP contribution is 2.28. The molecule has 0 fully saturated rings. The number of phenols is 1. The van der Waals surface area contributed by atoms with E-state index in [1.807, 2.05) is 0 Å². The minimum Gasteiger partial charge on any atom is -0.507 e. The second-order valence-electron chi connectivity index (χ2n) is 7.26. The highest BCUT2D eigenvalue weighted by Gasteiger charge is 2.25. The molecule has 0 radical (unpaired) electrons. The normalized spacial score (nSPS) is 11.1. The standard InChI is InChI=1S/C23H18N4O7S/c1-34-18-9-6-16(7-10-18)25-35(32,33)22-12-17(27(30)31)8-11-20(22)26-14-15(13-24-26)23(29)19-4-2-3-5-21(19)28/h2-14,25,28H,1H3. The van der Waals surface area contributed by atoms with Crippen molar-refractivity contribution in [1.29, 1.82) is 0 Å².